The van der Waals surface area contributed by atoms with Gasteiger partial charge in [-0.05, 0) is 12.8 Å². The van der Waals surface area contributed by atoms with Crippen LogP contribution in [0.4, 0.5) is 0 Å². The third kappa shape index (κ3) is 1.09. The fraction of sp³-hybridized carbons (Fsp3) is 0.444. The Hall–Kier alpha value is -1.05. The molecular weight excluding hydrogens is 138 g/mol. The normalized spacial score (nSPS) is 17.8. The van der Waals surface area contributed by atoms with Gasteiger partial charge in [-0.15, -0.1) is 0 Å². The largest absolute Gasteiger partial charge is 0.618 e. The Morgan fingerprint density at radius 2 is 2.18 bits per heavy atom. The van der Waals surface area contributed by atoms with Gasteiger partial charge in [0.05, 0.1) is 0 Å². The first-order valence-corrected chi connectivity index (χ1v) is 4.06. The average Bonchev–Trinajstić information content (AvgIpc) is 1.90. The van der Waals surface area contributed by atoms with Gasteiger partial charge in [0, 0.05) is 18.1 Å². The lowest BCUT2D eigenvalue weighted by molar-refractivity contribution is -0.616. The molecule has 0 saturated heterocycles. The lowest BCUT2D eigenvalue weighted by Gasteiger charge is -2.23. The van der Waals surface area contributed by atoms with Crippen molar-refractivity contribution < 1.29 is 4.73 Å². The third-order valence-electron chi connectivity index (χ3n) is 2.38. The van der Waals surface area contributed by atoms with Crippen molar-refractivity contribution in [2.24, 2.45) is 0 Å². The molecule has 58 valence electrons. The second kappa shape index (κ2) is 2.53. The Kier molecular flexibility index (Phi) is 1.53. The van der Waals surface area contributed by atoms with Crippen LogP contribution in [-0.4, -0.2) is 0 Å². The Labute approximate surface area is 66.1 Å². The number of pyridine rings is 1. The Morgan fingerprint density at radius 3 is 2.73 bits per heavy atom. The van der Waals surface area contributed by atoms with E-state index in [1.807, 2.05) is 12.1 Å². The highest BCUT2D eigenvalue weighted by atomic mass is 16.5. The van der Waals surface area contributed by atoms with E-state index in [0.717, 1.165) is 10.4 Å². The minimum atomic E-state index is 0.536. The van der Waals surface area contributed by atoms with Crippen LogP contribution in [0, 0.1) is 5.21 Å². The molecule has 1 heterocycles. The van der Waals surface area contributed by atoms with Crippen LogP contribution in [0.5, 0.6) is 0 Å². The highest BCUT2D eigenvalue weighted by Gasteiger charge is 2.25. The van der Waals surface area contributed by atoms with Crippen molar-refractivity contribution in [1.29, 1.82) is 0 Å². The van der Waals surface area contributed by atoms with Gasteiger partial charge in [0.2, 0.25) is 0 Å². The zero-order valence-corrected chi connectivity index (χ0v) is 6.36. The summed E-state index contributed by atoms with van der Waals surface area (Å²) in [7, 11) is 0. The van der Waals surface area contributed by atoms with Crippen LogP contribution in [0.2, 0.25) is 0 Å². The second-order valence-electron chi connectivity index (χ2n) is 3.08. The van der Waals surface area contributed by atoms with E-state index < -0.39 is 0 Å². The quantitative estimate of drug-likeness (QED) is 0.440. The zero-order chi connectivity index (χ0) is 7.68. The number of hydrogen-bond donors (Lipinski definition) is 0. The Bertz CT molecular complexity index is 255. The molecule has 1 aromatic rings. The van der Waals surface area contributed by atoms with Gasteiger partial charge in [0.25, 0.3) is 0 Å². The third-order valence-corrected chi connectivity index (χ3v) is 2.38. The molecule has 2 rings (SSSR count). The van der Waals surface area contributed by atoms with Gasteiger partial charge >= 0.3 is 0 Å². The molecule has 1 aromatic heterocycles. The summed E-state index contributed by atoms with van der Waals surface area (Å²) in [6.07, 6.45) is 5.23. The van der Waals surface area contributed by atoms with Crippen LogP contribution in [0.15, 0.2) is 24.4 Å². The van der Waals surface area contributed by atoms with Gasteiger partial charge in [-0.2, -0.15) is 4.73 Å². The summed E-state index contributed by atoms with van der Waals surface area (Å²) >= 11 is 0. The second-order valence-corrected chi connectivity index (χ2v) is 3.08. The van der Waals surface area contributed by atoms with Crippen LogP contribution >= 0.6 is 0 Å². The van der Waals surface area contributed by atoms with Crippen LogP contribution in [0.3, 0.4) is 0 Å². The van der Waals surface area contributed by atoms with Crippen LogP contribution in [0.1, 0.15) is 30.9 Å². The molecule has 0 spiro atoms. The predicted octanol–water partition coefficient (Wildman–Crippen LogP) is 1.59. The summed E-state index contributed by atoms with van der Waals surface area (Å²) in [6, 6.07) is 5.63. The molecule has 2 heteroatoms. The van der Waals surface area contributed by atoms with Crippen LogP contribution in [0.25, 0.3) is 0 Å². The van der Waals surface area contributed by atoms with E-state index in [-0.39, 0.29) is 0 Å². The molecule has 0 radical (unpaired) electrons. The van der Waals surface area contributed by atoms with Gasteiger partial charge < -0.3 is 5.21 Å². The van der Waals surface area contributed by atoms with Gasteiger partial charge in [0.15, 0.2) is 11.9 Å². The standard InChI is InChI=1S/C9H11NO/c11-10-7-2-1-6-9(10)8-4-3-5-8/h1-2,6-8H,3-5H2. The number of hydrogen-bond acceptors (Lipinski definition) is 1. The first-order valence-electron chi connectivity index (χ1n) is 4.06. The summed E-state index contributed by atoms with van der Waals surface area (Å²) < 4.78 is 0.990. The molecule has 0 bridgehead atoms. The first-order chi connectivity index (χ1) is 5.38. The van der Waals surface area contributed by atoms with E-state index in [2.05, 4.69) is 0 Å². The van der Waals surface area contributed by atoms with Gasteiger partial charge in [-0.3, -0.25) is 0 Å². The fourth-order valence-electron chi connectivity index (χ4n) is 1.46. The molecule has 1 aliphatic rings. The highest BCUT2D eigenvalue weighted by Crippen LogP contribution is 2.34. The lowest BCUT2D eigenvalue weighted by atomic mass is 9.83. The SMILES string of the molecule is [O-][n+]1ccccc1C1CCC1. The molecule has 0 aliphatic heterocycles. The minimum Gasteiger partial charge on any atom is -0.618 e. The molecule has 0 unspecified atom stereocenters. The van der Waals surface area contributed by atoms with Gasteiger partial charge in [-0.1, -0.05) is 12.5 Å². The van der Waals surface area contributed by atoms with Crippen molar-refractivity contribution in [3.63, 3.8) is 0 Å². The number of rotatable bonds is 1. The van der Waals surface area contributed by atoms with Crippen molar-refractivity contribution in [2.45, 2.75) is 25.2 Å². The maximum absolute atomic E-state index is 11.2. The summed E-state index contributed by atoms with van der Waals surface area (Å²) in [5.41, 5.74) is 0.943. The highest BCUT2D eigenvalue weighted by molar-refractivity contribution is 5.06. The predicted molar refractivity (Wildman–Crippen MR) is 42.0 cm³/mol. The van der Waals surface area contributed by atoms with Crippen molar-refractivity contribution in [2.75, 3.05) is 0 Å². The molecule has 11 heavy (non-hydrogen) atoms. The summed E-state index contributed by atoms with van der Waals surface area (Å²) in [4.78, 5) is 0. The van der Waals surface area contributed by atoms with Crippen molar-refractivity contribution >= 4 is 0 Å². The van der Waals surface area contributed by atoms with Crippen LogP contribution in [-0.2, 0) is 0 Å². The molecule has 0 atom stereocenters. The summed E-state index contributed by atoms with van der Waals surface area (Å²) in [6.45, 7) is 0. The van der Waals surface area contributed by atoms with Crippen molar-refractivity contribution in [3.05, 3.63) is 35.3 Å². The average molecular weight is 149 g/mol. The van der Waals surface area contributed by atoms with E-state index in [4.69, 9.17) is 0 Å². The number of aromatic nitrogens is 1. The lowest BCUT2D eigenvalue weighted by Crippen LogP contribution is -2.34. The molecule has 1 aliphatic carbocycles. The maximum Gasteiger partial charge on any atom is 0.195 e. The van der Waals surface area contributed by atoms with Crippen LogP contribution < -0.4 is 4.73 Å². The molecule has 1 saturated carbocycles. The maximum atomic E-state index is 11.2. The van der Waals surface area contributed by atoms with E-state index in [1.165, 1.54) is 19.3 Å². The van der Waals surface area contributed by atoms with Crippen molar-refractivity contribution in [1.82, 2.24) is 0 Å². The van der Waals surface area contributed by atoms with E-state index in [0.29, 0.717) is 5.92 Å². The smallest absolute Gasteiger partial charge is 0.195 e. The molecule has 0 N–H and O–H groups in total. The van der Waals surface area contributed by atoms with E-state index in [1.54, 1.807) is 12.3 Å². The zero-order valence-electron chi connectivity index (χ0n) is 6.36. The molecule has 1 fully saturated rings. The first kappa shape index (κ1) is 6.65. The topological polar surface area (TPSA) is 26.9 Å². The van der Waals surface area contributed by atoms with Gasteiger partial charge in [0.1, 0.15) is 0 Å². The molecular formula is C9H11NO. The fourth-order valence-corrected chi connectivity index (χ4v) is 1.46. The monoisotopic (exact) mass is 149 g/mol. The van der Waals surface area contributed by atoms with Crippen molar-refractivity contribution in [3.8, 4) is 0 Å². The summed E-state index contributed by atoms with van der Waals surface area (Å²) in [5, 5.41) is 11.2. The molecule has 2 nitrogen and oxygen atoms in total. The summed E-state index contributed by atoms with van der Waals surface area (Å²) in [5.74, 6) is 0.536. The molecule has 0 amide bonds. The van der Waals surface area contributed by atoms with E-state index in [9.17, 15) is 5.21 Å². The molecule has 0 aromatic carbocycles. The van der Waals surface area contributed by atoms with E-state index >= 15 is 0 Å². The Morgan fingerprint density at radius 1 is 1.36 bits per heavy atom. The Balaban J connectivity index is 2.28. The minimum absolute atomic E-state index is 0.536. The number of nitrogens with zero attached hydrogens (tertiary/aromatic N) is 1. The van der Waals surface area contributed by atoms with Gasteiger partial charge in [-0.25, -0.2) is 0 Å².